The maximum Gasteiger partial charge on any atom is 0.328 e. The van der Waals surface area contributed by atoms with Gasteiger partial charge in [-0.3, -0.25) is 9.59 Å². The number of hydrogen-bond acceptors (Lipinski definition) is 5. The largest absolute Gasteiger partial charge is 0.481 e. The lowest BCUT2D eigenvalue weighted by Gasteiger charge is -1.83. The van der Waals surface area contributed by atoms with Crippen LogP contribution in [-0.2, 0) is 23.9 Å². The Hall–Kier alpha value is -2.61. The Kier molecular flexibility index (Phi) is 28.9. The molecule has 0 aromatic heterocycles. The van der Waals surface area contributed by atoms with Gasteiger partial charge >= 0.3 is 17.9 Å². The summed E-state index contributed by atoms with van der Waals surface area (Å²) in [6, 6.07) is 0. The molecule has 0 aliphatic rings. The minimum absolute atomic E-state index is 0.329. The number of carbonyl (C=O) groups is 4. The molecule has 0 fully saturated rings. The van der Waals surface area contributed by atoms with E-state index in [1.165, 1.54) is 12.5 Å². The van der Waals surface area contributed by atoms with Gasteiger partial charge in [0.05, 0.1) is 6.26 Å². The molecule has 0 atom stereocenters. The van der Waals surface area contributed by atoms with Crippen molar-refractivity contribution < 1.29 is 39.2 Å². The Balaban J connectivity index is -0.0000000985. The zero-order valence-corrected chi connectivity index (χ0v) is 12.2. The standard InChI is InChI=1S/C4H4O4.C4H6O2.C2H3Cl.C2H4O2/c5-3(6)1-2-4(7)8;1-3-6-4(2)5;1-2-3;1-2(3)4/h1-2H,(H,5,6)(H,7,8);3H,1H2,2H3;2H,1H2;1H3,(H,3,4)/b2-1-;;;. The first kappa shape index (κ1) is 26.9. The highest BCUT2D eigenvalue weighted by Crippen LogP contribution is 1.71. The van der Waals surface area contributed by atoms with Crippen molar-refractivity contribution in [3.05, 3.63) is 37.1 Å². The fourth-order valence-corrected chi connectivity index (χ4v) is 0.260. The van der Waals surface area contributed by atoms with Gasteiger partial charge in [0.2, 0.25) is 0 Å². The van der Waals surface area contributed by atoms with Crippen molar-refractivity contribution in [2.75, 3.05) is 0 Å². The SMILES string of the molecule is C=CCl.C=COC(C)=O.CC(=O)O.O=C(O)/C=C\C(=O)O. The zero-order valence-electron chi connectivity index (χ0n) is 11.5. The zero-order chi connectivity index (χ0) is 17.8. The monoisotopic (exact) mass is 324 g/mol. The molecule has 0 aliphatic carbocycles. The van der Waals surface area contributed by atoms with E-state index in [2.05, 4.69) is 17.9 Å². The van der Waals surface area contributed by atoms with Crippen LogP contribution in [0.5, 0.6) is 0 Å². The summed E-state index contributed by atoms with van der Waals surface area (Å²) in [6.45, 7) is 8.69. The first-order valence-electron chi connectivity index (χ1n) is 4.87. The summed E-state index contributed by atoms with van der Waals surface area (Å²) in [7, 11) is 0. The van der Waals surface area contributed by atoms with Gasteiger partial charge in [-0.25, -0.2) is 9.59 Å². The molecule has 0 saturated heterocycles. The molecule has 120 valence electrons. The predicted molar refractivity (Wildman–Crippen MR) is 75.7 cm³/mol. The van der Waals surface area contributed by atoms with Crippen LogP contribution in [0.2, 0.25) is 0 Å². The average Bonchev–Trinajstić information content (AvgIpc) is 2.27. The van der Waals surface area contributed by atoms with Gasteiger partial charge in [-0.1, -0.05) is 24.8 Å². The summed E-state index contributed by atoms with van der Waals surface area (Å²) < 4.78 is 4.17. The number of aliphatic carboxylic acids is 3. The van der Waals surface area contributed by atoms with Gasteiger partial charge in [-0.05, 0) is 5.54 Å². The van der Waals surface area contributed by atoms with Gasteiger partial charge in [-0.15, -0.1) is 0 Å². The summed E-state index contributed by atoms with van der Waals surface area (Å²) in [4.78, 5) is 37.9. The third kappa shape index (κ3) is 142. The maximum atomic E-state index is 9.75. The topological polar surface area (TPSA) is 138 Å². The Morgan fingerprint density at radius 3 is 1.24 bits per heavy atom. The Labute approximate surface area is 126 Å². The summed E-state index contributed by atoms with van der Waals surface area (Å²) >= 11 is 4.76. The average molecular weight is 325 g/mol. The van der Waals surface area contributed by atoms with Crippen LogP contribution < -0.4 is 0 Å². The van der Waals surface area contributed by atoms with Crippen molar-refractivity contribution >= 4 is 35.5 Å². The summed E-state index contributed by atoms with van der Waals surface area (Å²) in [5.41, 5.74) is 1.22. The van der Waals surface area contributed by atoms with Crippen molar-refractivity contribution in [3.63, 3.8) is 0 Å². The van der Waals surface area contributed by atoms with E-state index in [0.29, 0.717) is 12.2 Å². The third-order valence-electron chi connectivity index (χ3n) is 0.618. The quantitative estimate of drug-likeness (QED) is 0.406. The fourth-order valence-electron chi connectivity index (χ4n) is 0.260. The predicted octanol–water partition coefficient (Wildman–Crippen LogP) is 1.86. The van der Waals surface area contributed by atoms with E-state index < -0.39 is 17.9 Å². The molecule has 8 nitrogen and oxygen atoms in total. The first-order valence-corrected chi connectivity index (χ1v) is 5.31. The molecular weight excluding hydrogens is 308 g/mol. The van der Waals surface area contributed by atoms with Crippen molar-refractivity contribution in [2.24, 2.45) is 0 Å². The van der Waals surface area contributed by atoms with Gasteiger partial charge in [0, 0.05) is 26.0 Å². The second-order valence-corrected chi connectivity index (χ2v) is 2.77. The molecule has 0 unspecified atom stereocenters. The minimum Gasteiger partial charge on any atom is -0.481 e. The molecule has 0 heterocycles. The number of carboxylic acids is 3. The van der Waals surface area contributed by atoms with Crippen LogP contribution in [0.25, 0.3) is 0 Å². The minimum atomic E-state index is -1.26. The van der Waals surface area contributed by atoms with E-state index in [9.17, 15) is 14.4 Å². The van der Waals surface area contributed by atoms with Crippen molar-refractivity contribution in [2.45, 2.75) is 13.8 Å². The van der Waals surface area contributed by atoms with E-state index in [1.54, 1.807) is 0 Å². The Morgan fingerprint density at radius 1 is 0.952 bits per heavy atom. The van der Waals surface area contributed by atoms with Crippen molar-refractivity contribution in [1.82, 2.24) is 0 Å². The lowest BCUT2D eigenvalue weighted by Crippen LogP contribution is -1.91. The molecule has 0 rings (SSSR count). The number of carboxylic acid groups (broad SMARTS) is 3. The molecule has 0 amide bonds. The highest BCUT2D eigenvalue weighted by Gasteiger charge is 1.88. The molecule has 3 N–H and O–H groups in total. The van der Waals surface area contributed by atoms with E-state index in [4.69, 9.17) is 31.7 Å². The molecule has 0 radical (unpaired) electrons. The van der Waals surface area contributed by atoms with Crippen molar-refractivity contribution in [1.29, 1.82) is 0 Å². The van der Waals surface area contributed by atoms with E-state index in [0.717, 1.165) is 13.2 Å². The molecular formula is C12H17ClO8. The van der Waals surface area contributed by atoms with Gasteiger partial charge in [0.25, 0.3) is 5.97 Å². The second-order valence-electron chi connectivity index (χ2n) is 2.46. The van der Waals surface area contributed by atoms with E-state index in [1.807, 2.05) is 0 Å². The van der Waals surface area contributed by atoms with Crippen LogP contribution in [0.15, 0.2) is 37.1 Å². The van der Waals surface area contributed by atoms with Crippen LogP contribution in [0.3, 0.4) is 0 Å². The van der Waals surface area contributed by atoms with Gasteiger partial charge in [0.1, 0.15) is 0 Å². The molecule has 0 saturated carbocycles. The fraction of sp³-hybridized carbons (Fsp3) is 0.167. The van der Waals surface area contributed by atoms with Gasteiger partial charge < -0.3 is 20.1 Å². The van der Waals surface area contributed by atoms with Crippen LogP contribution in [0, 0.1) is 0 Å². The van der Waals surface area contributed by atoms with Gasteiger partial charge in [0.15, 0.2) is 0 Å². The van der Waals surface area contributed by atoms with Crippen LogP contribution >= 0.6 is 11.6 Å². The lowest BCUT2D eigenvalue weighted by atomic mass is 10.5. The number of rotatable bonds is 3. The summed E-state index contributed by atoms with van der Waals surface area (Å²) in [5.74, 6) is -3.68. The Morgan fingerprint density at radius 2 is 1.19 bits per heavy atom. The molecule has 9 heteroatoms. The smallest absolute Gasteiger partial charge is 0.328 e. The molecule has 0 aromatic carbocycles. The molecule has 0 aromatic rings. The van der Waals surface area contributed by atoms with Crippen LogP contribution in [0.4, 0.5) is 0 Å². The van der Waals surface area contributed by atoms with Gasteiger partial charge in [-0.2, -0.15) is 0 Å². The summed E-state index contributed by atoms with van der Waals surface area (Å²) in [5, 5.41) is 23.0. The number of halogens is 1. The number of carbonyl (C=O) groups excluding carboxylic acids is 1. The van der Waals surface area contributed by atoms with Crippen LogP contribution in [-0.4, -0.2) is 39.2 Å². The molecule has 21 heavy (non-hydrogen) atoms. The maximum absolute atomic E-state index is 9.75. The second kappa shape index (κ2) is 22.6. The third-order valence-corrected chi connectivity index (χ3v) is 0.618. The molecule has 0 spiro atoms. The van der Waals surface area contributed by atoms with E-state index >= 15 is 0 Å². The highest BCUT2D eigenvalue weighted by atomic mass is 35.5. The lowest BCUT2D eigenvalue weighted by molar-refractivity contribution is -0.136. The highest BCUT2D eigenvalue weighted by molar-refractivity contribution is 6.25. The molecule has 0 aliphatic heterocycles. The summed E-state index contributed by atoms with van der Waals surface area (Å²) in [6.07, 6.45) is 2.22. The van der Waals surface area contributed by atoms with Crippen LogP contribution in [0.1, 0.15) is 13.8 Å². The van der Waals surface area contributed by atoms with Crippen molar-refractivity contribution in [3.8, 4) is 0 Å². The number of hydrogen-bond donors (Lipinski definition) is 3. The first-order chi connectivity index (χ1) is 9.54. The number of ether oxygens (including phenoxy) is 1. The Bertz CT molecular complexity index is 353. The normalized spacial score (nSPS) is 7.38. The number of esters is 1. The van der Waals surface area contributed by atoms with E-state index in [-0.39, 0.29) is 5.97 Å². The molecule has 0 bridgehead atoms.